The van der Waals surface area contributed by atoms with E-state index in [0.717, 1.165) is 22.6 Å². The zero-order valence-corrected chi connectivity index (χ0v) is 11.7. The van der Waals surface area contributed by atoms with E-state index in [1.165, 1.54) is 0 Å². The second-order valence-corrected chi connectivity index (χ2v) is 4.59. The third-order valence-electron chi connectivity index (χ3n) is 3.25. The molecule has 0 bridgehead atoms. The number of nitriles is 1. The highest BCUT2D eigenvalue weighted by Crippen LogP contribution is 2.17. The van der Waals surface area contributed by atoms with Crippen LogP contribution in [0.2, 0.25) is 0 Å². The minimum Gasteiger partial charge on any atom is -0.365 e. The lowest BCUT2D eigenvalue weighted by molar-refractivity contribution is 0.730. The van der Waals surface area contributed by atoms with E-state index in [2.05, 4.69) is 21.5 Å². The molecule has 2 rings (SSSR count). The second-order valence-electron chi connectivity index (χ2n) is 4.59. The molecule has 2 heterocycles. The van der Waals surface area contributed by atoms with Gasteiger partial charge in [0.15, 0.2) is 0 Å². The Labute approximate surface area is 112 Å². The van der Waals surface area contributed by atoms with Crippen LogP contribution in [0.4, 0.5) is 5.82 Å². The predicted molar refractivity (Wildman–Crippen MR) is 73.7 cm³/mol. The summed E-state index contributed by atoms with van der Waals surface area (Å²) in [6, 6.07) is 5.77. The predicted octanol–water partition coefficient (Wildman–Crippen LogP) is 2.22. The Morgan fingerprint density at radius 1 is 1.32 bits per heavy atom. The Kier molecular flexibility index (Phi) is 3.52. The molecule has 0 aliphatic rings. The van der Waals surface area contributed by atoms with Crippen LogP contribution in [0.1, 0.15) is 28.2 Å². The molecule has 5 heteroatoms. The Morgan fingerprint density at radius 2 is 2.05 bits per heavy atom. The number of aryl methyl sites for hydroxylation is 3. The summed E-state index contributed by atoms with van der Waals surface area (Å²) >= 11 is 0. The van der Waals surface area contributed by atoms with Crippen LogP contribution in [0.15, 0.2) is 12.1 Å². The smallest absolute Gasteiger partial charge is 0.144 e. The number of pyridine rings is 1. The maximum atomic E-state index is 9.07. The van der Waals surface area contributed by atoms with E-state index in [9.17, 15) is 0 Å². The molecule has 5 nitrogen and oxygen atoms in total. The van der Waals surface area contributed by atoms with Crippen molar-refractivity contribution < 1.29 is 0 Å². The molecule has 0 saturated carbocycles. The number of rotatable bonds is 3. The van der Waals surface area contributed by atoms with Crippen LogP contribution in [0.25, 0.3) is 0 Å². The van der Waals surface area contributed by atoms with Gasteiger partial charge in [0, 0.05) is 30.5 Å². The van der Waals surface area contributed by atoms with Crippen molar-refractivity contribution in [1.82, 2.24) is 14.8 Å². The van der Waals surface area contributed by atoms with Crippen LogP contribution < -0.4 is 5.32 Å². The number of nitrogens with one attached hydrogen (secondary N) is 1. The maximum Gasteiger partial charge on any atom is 0.144 e. The molecule has 0 saturated heterocycles. The highest BCUT2D eigenvalue weighted by atomic mass is 15.3. The minimum atomic E-state index is 0.560. The van der Waals surface area contributed by atoms with E-state index in [1.54, 1.807) is 6.07 Å². The van der Waals surface area contributed by atoms with E-state index in [1.807, 2.05) is 38.6 Å². The molecule has 0 spiro atoms. The van der Waals surface area contributed by atoms with Crippen molar-refractivity contribution in [3.63, 3.8) is 0 Å². The Morgan fingerprint density at radius 3 is 2.63 bits per heavy atom. The zero-order chi connectivity index (χ0) is 14.0. The molecule has 0 radical (unpaired) electrons. The summed E-state index contributed by atoms with van der Waals surface area (Å²) < 4.78 is 1.86. The first-order valence-electron chi connectivity index (χ1n) is 6.13. The van der Waals surface area contributed by atoms with Gasteiger partial charge in [0.05, 0.1) is 11.3 Å². The summed E-state index contributed by atoms with van der Waals surface area (Å²) in [6.45, 7) is 6.55. The largest absolute Gasteiger partial charge is 0.365 e. The quantitative estimate of drug-likeness (QED) is 0.913. The first kappa shape index (κ1) is 13.1. The van der Waals surface area contributed by atoms with Crippen LogP contribution in [-0.4, -0.2) is 14.8 Å². The van der Waals surface area contributed by atoms with Crippen molar-refractivity contribution in [2.45, 2.75) is 27.3 Å². The van der Waals surface area contributed by atoms with Crippen molar-refractivity contribution in [2.75, 3.05) is 5.32 Å². The number of anilines is 1. The molecule has 19 heavy (non-hydrogen) atoms. The lowest BCUT2D eigenvalue weighted by Crippen LogP contribution is -2.06. The van der Waals surface area contributed by atoms with Gasteiger partial charge in [-0.15, -0.1) is 0 Å². The van der Waals surface area contributed by atoms with Gasteiger partial charge in [0.25, 0.3) is 0 Å². The first-order chi connectivity index (χ1) is 9.02. The summed E-state index contributed by atoms with van der Waals surface area (Å²) in [7, 11) is 1.93. The number of aromatic nitrogens is 3. The molecule has 0 unspecified atom stereocenters. The molecule has 0 aliphatic heterocycles. The first-order valence-corrected chi connectivity index (χ1v) is 6.13. The number of hydrogen-bond acceptors (Lipinski definition) is 4. The molecule has 0 aliphatic carbocycles. The van der Waals surface area contributed by atoms with Gasteiger partial charge in [-0.1, -0.05) is 0 Å². The average Bonchev–Trinajstić information content (AvgIpc) is 2.61. The summed E-state index contributed by atoms with van der Waals surface area (Å²) in [4.78, 5) is 4.36. The fraction of sp³-hybridized carbons (Fsp3) is 0.357. The van der Waals surface area contributed by atoms with Gasteiger partial charge >= 0.3 is 0 Å². The van der Waals surface area contributed by atoms with Gasteiger partial charge in [0.2, 0.25) is 0 Å². The zero-order valence-electron chi connectivity index (χ0n) is 11.7. The fourth-order valence-corrected chi connectivity index (χ4v) is 2.03. The van der Waals surface area contributed by atoms with Crippen molar-refractivity contribution in [3.05, 3.63) is 40.3 Å². The molecule has 0 fully saturated rings. The Bertz CT molecular complexity index is 649. The van der Waals surface area contributed by atoms with E-state index >= 15 is 0 Å². The van der Waals surface area contributed by atoms with Gasteiger partial charge in [-0.05, 0) is 32.9 Å². The minimum absolute atomic E-state index is 0.560. The normalized spacial score (nSPS) is 10.3. The molecule has 1 N–H and O–H groups in total. The maximum absolute atomic E-state index is 9.07. The third kappa shape index (κ3) is 2.58. The van der Waals surface area contributed by atoms with E-state index < -0.39 is 0 Å². The third-order valence-corrected chi connectivity index (χ3v) is 3.25. The molecular weight excluding hydrogens is 238 g/mol. The molecule has 0 aromatic carbocycles. The topological polar surface area (TPSA) is 66.5 Å². The van der Waals surface area contributed by atoms with Gasteiger partial charge in [-0.2, -0.15) is 10.4 Å². The molecule has 2 aromatic heterocycles. The van der Waals surface area contributed by atoms with Crippen molar-refractivity contribution >= 4 is 5.82 Å². The summed E-state index contributed by atoms with van der Waals surface area (Å²) in [5, 5.41) is 16.7. The standard InChI is InChI=1S/C14H17N5/c1-9-5-6-12(7-15)14(17-9)16-8-13-10(2)18-19(4)11(13)3/h5-6H,8H2,1-4H3,(H,16,17). The molecule has 98 valence electrons. The van der Waals surface area contributed by atoms with Crippen LogP contribution in [0.5, 0.6) is 0 Å². The lowest BCUT2D eigenvalue weighted by atomic mass is 10.2. The van der Waals surface area contributed by atoms with E-state index in [4.69, 9.17) is 5.26 Å². The van der Waals surface area contributed by atoms with Crippen molar-refractivity contribution in [2.24, 2.45) is 7.05 Å². The molecule has 0 atom stereocenters. The summed E-state index contributed by atoms with van der Waals surface area (Å²) in [5.74, 6) is 0.630. The Hall–Kier alpha value is -2.35. The molecule has 0 amide bonds. The van der Waals surface area contributed by atoms with Crippen LogP contribution in [-0.2, 0) is 13.6 Å². The lowest BCUT2D eigenvalue weighted by Gasteiger charge is -2.08. The Balaban J connectivity index is 2.24. The summed E-state index contributed by atoms with van der Waals surface area (Å²) in [5.41, 5.74) is 4.72. The number of hydrogen-bond donors (Lipinski definition) is 1. The fourth-order valence-electron chi connectivity index (χ4n) is 2.03. The van der Waals surface area contributed by atoms with Crippen molar-refractivity contribution in [1.29, 1.82) is 5.26 Å². The molecule has 2 aromatic rings. The summed E-state index contributed by atoms with van der Waals surface area (Å²) in [6.07, 6.45) is 0. The van der Waals surface area contributed by atoms with Crippen molar-refractivity contribution in [3.8, 4) is 6.07 Å². The SMILES string of the molecule is Cc1ccc(C#N)c(NCc2c(C)nn(C)c2C)n1. The highest BCUT2D eigenvalue weighted by Gasteiger charge is 2.10. The molecular formula is C14H17N5. The van der Waals surface area contributed by atoms with Crippen LogP contribution in [0.3, 0.4) is 0 Å². The van der Waals surface area contributed by atoms with E-state index in [-0.39, 0.29) is 0 Å². The van der Waals surface area contributed by atoms with Crippen LogP contribution in [0, 0.1) is 32.1 Å². The van der Waals surface area contributed by atoms with Gasteiger partial charge in [-0.3, -0.25) is 4.68 Å². The highest BCUT2D eigenvalue weighted by molar-refractivity contribution is 5.52. The monoisotopic (exact) mass is 255 g/mol. The number of nitrogens with zero attached hydrogens (tertiary/aromatic N) is 4. The van der Waals surface area contributed by atoms with Gasteiger partial charge in [0.1, 0.15) is 11.9 Å². The van der Waals surface area contributed by atoms with Gasteiger partial charge < -0.3 is 5.32 Å². The van der Waals surface area contributed by atoms with E-state index in [0.29, 0.717) is 17.9 Å². The van der Waals surface area contributed by atoms with Crippen LogP contribution >= 0.6 is 0 Å². The van der Waals surface area contributed by atoms with Gasteiger partial charge in [-0.25, -0.2) is 4.98 Å². The average molecular weight is 255 g/mol. The second kappa shape index (κ2) is 5.11.